The SMILES string of the molecule is CC(O)C(N)C(=O)NC(Cc1ccccc1)C(=O)NC(Cc1ccccc1)C(=O)NC(CC(=O)O)C(=O)O. The van der Waals surface area contributed by atoms with Crippen LogP contribution in [0.1, 0.15) is 24.5 Å². The van der Waals surface area contributed by atoms with Gasteiger partial charge in [0.1, 0.15) is 24.2 Å². The van der Waals surface area contributed by atoms with Crippen molar-refractivity contribution in [2.75, 3.05) is 0 Å². The lowest BCUT2D eigenvalue weighted by atomic mass is 10.0. The fraction of sp³-hybridized carbons (Fsp3) is 0.346. The normalized spacial score (nSPS) is 14.7. The number of hydrogen-bond donors (Lipinski definition) is 7. The number of rotatable bonds is 14. The van der Waals surface area contributed by atoms with Crippen LogP contribution >= 0.6 is 0 Å². The first-order valence-corrected chi connectivity index (χ1v) is 11.8. The summed E-state index contributed by atoms with van der Waals surface area (Å²) in [5, 5.41) is 35.2. The lowest BCUT2D eigenvalue weighted by Gasteiger charge is -2.25. The Hall–Kier alpha value is -4.29. The van der Waals surface area contributed by atoms with Gasteiger partial charge in [0.25, 0.3) is 0 Å². The molecule has 0 saturated carbocycles. The highest BCUT2D eigenvalue weighted by atomic mass is 16.4. The van der Waals surface area contributed by atoms with E-state index in [-0.39, 0.29) is 12.8 Å². The molecule has 0 aliphatic heterocycles. The van der Waals surface area contributed by atoms with Crippen molar-refractivity contribution in [2.24, 2.45) is 5.73 Å². The molecule has 0 saturated heterocycles. The summed E-state index contributed by atoms with van der Waals surface area (Å²) in [6.07, 6.45) is -2.07. The highest BCUT2D eigenvalue weighted by Gasteiger charge is 2.32. The van der Waals surface area contributed by atoms with Gasteiger partial charge in [-0.2, -0.15) is 0 Å². The van der Waals surface area contributed by atoms with Gasteiger partial charge in [0.2, 0.25) is 17.7 Å². The molecular weight excluding hydrogens is 496 g/mol. The third-order valence-electron chi connectivity index (χ3n) is 5.65. The number of carboxylic acids is 2. The number of nitrogens with one attached hydrogen (secondary N) is 3. The van der Waals surface area contributed by atoms with Gasteiger partial charge in [-0.1, -0.05) is 60.7 Å². The van der Waals surface area contributed by atoms with E-state index in [1.807, 2.05) is 0 Å². The zero-order valence-electron chi connectivity index (χ0n) is 20.7. The molecule has 0 spiro atoms. The molecule has 0 bridgehead atoms. The van der Waals surface area contributed by atoms with Crippen molar-refractivity contribution < 1.29 is 39.3 Å². The van der Waals surface area contributed by atoms with Crippen LogP contribution in [0.25, 0.3) is 0 Å². The van der Waals surface area contributed by atoms with E-state index in [4.69, 9.17) is 10.8 Å². The summed E-state index contributed by atoms with van der Waals surface area (Å²) in [7, 11) is 0. The molecule has 0 aliphatic rings. The molecule has 3 amide bonds. The van der Waals surface area contributed by atoms with Crippen molar-refractivity contribution in [3.05, 3.63) is 71.8 Å². The number of carbonyl (C=O) groups excluding carboxylic acids is 3. The van der Waals surface area contributed by atoms with E-state index in [9.17, 15) is 34.2 Å². The molecular formula is C26H32N4O8. The molecule has 12 heteroatoms. The molecule has 2 rings (SSSR count). The first kappa shape index (κ1) is 29.9. The van der Waals surface area contributed by atoms with Crippen LogP contribution in [0.3, 0.4) is 0 Å². The zero-order chi connectivity index (χ0) is 28.2. The summed E-state index contributed by atoms with van der Waals surface area (Å²) in [6, 6.07) is 11.8. The highest BCUT2D eigenvalue weighted by molar-refractivity contribution is 5.95. The van der Waals surface area contributed by atoms with Gasteiger partial charge in [-0.05, 0) is 18.1 Å². The molecule has 0 radical (unpaired) electrons. The molecule has 2 aromatic rings. The second-order valence-corrected chi connectivity index (χ2v) is 8.77. The average molecular weight is 529 g/mol. The van der Waals surface area contributed by atoms with E-state index in [0.717, 1.165) is 0 Å². The minimum absolute atomic E-state index is 0.0292. The van der Waals surface area contributed by atoms with Gasteiger partial charge in [-0.15, -0.1) is 0 Å². The number of carboxylic acid groups (broad SMARTS) is 2. The molecule has 0 aliphatic carbocycles. The number of aliphatic carboxylic acids is 2. The Morgan fingerprint density at radius 1 is 0.711 bits per heavy atom. The van der Waals surface area contributed by atoms with Crippen molar-refractivity contribution in [2.45, 2.75) is 56.5 Å². The van der Waals surface area contributed by atoms with Crippen LogP contribution in [0, 0.1) is 0 Å². The molecule has 38 heavy (non-hydrogen) atoms. The van der Waals surface area contributed by atoms with Gasteiger partial charge in [0, 0.05) is 12.8 Å². The summed E-state index contributed by atoms with van der Waals surface area (Å²) in [5.41, 5.74) is 7.04. The maximum atomic E-state index is 13.4. The van der Waals surface area contributed by atoms with Crippen molar-refractivity contribution in [1.29, 1.82) is 0 Å². The van der Waals surface area contributed by atoms with Crippen LogP contribution in [0.15, 0.2) is 60.7 Å². The van der Waals surface area contributed by atoms with Crippen LogP contribution in [0.4, 0.5) is 0 Å². The number of aliphatic hydroxyl groups is 1. The first-order valence-electron chi connectivity index (χ1n) is 11.8. The predicted molar refractivity (Wildman–Crippen MR) is 136 cm³/mol. The maximum absolute atomic E-state index is 13.4. The molecule has 5 unspecified atom stereocenters. The van der Waals surface area contributed by atoms with Gasteiger partial charge in [0.15, 0.2) is 0 Å². The molecule has 0 aromatic heterocycles. The standard InChI is InChI=1S/C26H32N4O8/c1-15(31)22(27)25(36)29-19(13-17-10-6-3-7-11-17)23(34)28-18(12-16-8-4-2-5-9-16)24(35)30-20(26(37)38)14-21(32)33/h2-11,15,18-20,22,31H,12-14,27H2,1H3,(H,28,34)(H,29,36)(H,30,35)(H,32,33)(H,37,38). The molecule has 204 valence electrons. The van der Waals surface area contributed by atoms with Crippen LogP contribution in [0.2, 0.25) is 0 Å². The van der Waals surface area contributed by atoms with Crippen molar-refractivity contribution in [1.82, 2.24) is 16.0 Å². The highest BCUT2D eigenvalue weighted by Crippen LogP contribution is 2.08. The van der Waals surface area contributed by atoms with E-state index < -0.39 is 66.4 Å². The minimum atomic E-state index is -1.72. The van der Waals surface area contributed by atoms with E-state index in [1.54, 1.807) is 60.7 Å². The fourth-order valence-electron chi connectivity index (χ4n) is 3.52. The lowest BCUT2D eigenvalue weighted by Crippen LogP contribution is -2.59. The van der Waals surface area contributed by atoms with Gasteiger partial charge in [0.05, 0.1) is 12.5 Å². The Balaban J connectivity index is 2.31. The number of aliphatic hydroxyl groups excluding tert-OH is 1. The average Bonchev–Trinajstić information content (AvgIpc) is 2.87. The van der Waals surface area contributed by atoms with Crippen molar-refractivity contribution >= 4 is 29.7 Å². The minimum Gasteiger partial charge on any atom is -0.481 e. The third-order valence-corrected chi connectivity index (χ3v) is 5.65. The van der Waals surface area contributed by atoms with Gasteiger partial charge in [-0.3, -0.25) is 19.2 Å². The smallest absolute Gasteiger partial charge is 0.326 e. The maximum Gasteiger partial charge on any atom is 0.326 e. The Kier molecular flexibility index (Phi) is 11.4. The van der Waals surface area contributed by atoms with Crippen LogP contribution < -0.4 is 21.7 Å². The fourth-order valence-corrected chi connectivity index (χ4v) is 3.52. The zero-order valence-corrected chi connectivity index (χ0v) is 20.7. The Bertz CT molecular complexity index is 1110. The van der Waals surface area contributed by atoms with Crippen LogP contribution in [-0.2, 0) is 36.8 Å². The molecule has 5 atom stereocenters. The topological polar surface area (TPSA) is 208 Å². The number of benzene rings is 2. The molecule has 12 nitrogen and oxygen atoms in total. The summed E-state index contributed by atoms with van der Waals surface area (Å²) < 4.78 is 0. The number of hydrogen-bond acceptors (Lipinski definition) is 7. The molecule has 0 heterocycles. The predicted octanol–water partition coefficient (Wildman–Crippen LogP) is -0.806. The van der Waals surface area contributed by atoms with E-state index in [1.165, 1.54) is 6.92 Å². The van der Waals surface area contributed by atoms with E-state index in [2.05, 4.69) is 16.0 Å². The summed E-state index contributed by atoms with van der Waals surface area (Å²) in [5.74, 6) is -5.44. The largest absolute Gasteiger partial charge is 0.481 e. The number of carbonyl (C=O) groups is 5. The van der Waals surface area contributed by atoms with Crippen LogP contribution in [0.5, 0.6) is 0 Å². The summed E-state index contributed by atoms with van der Waals surface area (Å²) >= 11 is 0. The Labute approximate surface area is 219 Å². The third kappa shape index (κ3) is 9.64. The van der Waals surface area contributed by atoms with Crippen molar-refractivity contribution in [3.63, 3.8) is 0 Å². The van der Waals surface area contributed by atoms with Crippen molar-refractivity contribution in [3.8, 4) is 0 Å². The van der Waals surface area contributed by atoms with Crippen LogP contribution in [-0.4, -0.2) is 75.3 Å². The Morgan fingerprint density at radius 2 is 1.11 bits per heavy atom. The quantitative estimate of drug-likeness (QED) is 0.163. The second-order valence-electron chi connectivity index (χ2n) is 8.77. The van der Waals surface area contributed by atoms with E-state index in [0.29, 0.717) is 11.1 Å². The Morgan fingerprint density at radius 3 is 1.47 bits per heavy atom. The summed E-state index contributed by atoms with van der Waals surface area (Å²) in [6.45, 7) is 1.33. The number of amides is 3. The van der Waals surface area contributed by atoms with E-state index >= 15 is 0 Å². The molecule has 8 N–H and O–H groups in total. The second kappa shape index (κ2) is 14.4. The van der Waals surface area contributed by atoms with Gasteiger partial charge in [-0.25, -0.2) is 4.79 Å². The molecule has 0 fully saturated rings. The monoisotopic (exact) mass is 528 g/mol. The molecule has 2 aromatic carbocycles. The van der Waals surface area contributed by atoms with Gasteiger partial charge >= 0.3 is 11.9 Å². The van der Waals surface area contributed by atoms with Gasteiger partial charge < -0.3 is 37.0 Å². The number of nitrogens with two attached hydrogens (primary N) is 1. The summed E-state index contributed by atoms with van der Waals surface area (Å²) in [4.78, 5) is 61.5. The first-order chi connectivity index (χ1) is 18.0. The lowest BCUT2D eigenvalue weighted by molar-refractivity contribution is -0.147.